The van der Waals surface area contributed by atoms with Crippen molar-refractivity contribution in [1.82, 2.24) is 0 Å². The minimum atomic E-state index is -0.647. The van der Waals surface area contributed by atoms with Crippen LogP contribution in [0.5, 0.6) is 0 Å². The van der Waals surface area contributed by atoms with Gasteiger partial charge in [-0.25, -0.2) is 4.79 Å². The first kappa shape index (κ1) is 9.51. The standard InChI is InChI=1S/C9H10O4/c1-3-7-8(9(11)12-2)6(10)4-5-13-7/h4-5H,3H2,1-2H3. The fourth-order valence-electron chi connectivity index (χ4n) is 1.03. The lowest BCUT2D eigenvalue weighted by atomic mass is 10.2. The number of ether oxygens (including phenoxy) is 1. The summed E-state index contributed by atoms with van der Waals surface area (Å²) < 4.78 is 9.47. The Morgan fingerprint density at radius 1 is 1.62 bits per heavy atom. The Bertz CT molecular complexity index is 364. The number of aryl methyl sites for hydroxylation is 1. The van der Waals surface area contributed by atoms with Gasteiger partial charge in [0, 0.05) is 12.5 Å². The molecule has 0 saturated carbocycles. The second-order valence-electron chi connectivity index (χ2n) is 2.43. The zero-order valence-electron chi connectivity index (χ0n) is 7.49. The van der Waals surface area contributed by atoms with Crippen molar-refractivity contribution in [2.75, 3.05) is 7.11 Å². The van der Waals surface area contributed by atoms with Crippen molar-refractivity contribution in [2.45, 2.75) is 13.3 Å². The molecule has 1 aromatic heterocycles. The van der Waals surface area contributed by atoms with Gasteiger partial charge in [-0.1, -0.05) is 6.92 Å². The molecule has 0 aliphatic carbocycles. The summed E-state index contributed by atoms with van der Waals surface area (Å²) in [6, 6.07) is 1.20. The Morgan fingerprint density at radius 2 is 2.31 bits per heavy atom. The van der Waals surface area contributed by atoms with Crippen LogP contribution in [0.15, 0.2) is 21.5 Å². The summed E-state index contributed by atoms with van der Waals surface area (Å²) in [5, 5.41) is 0. The van der Waals surface area contributed by atoms with Gasteiger partial charge in [0.25, 0.3) is 0 Å². The van der Waals surface area contributed by atoms with E-state index in [0.29, 0.717) is 12.2 Å². The number of esters is 1. The molecule has 0 fully saturated rings. The number of carbonyl (C=O) groups is 1. The lowest BCUT2D eigenvalue weighted by molar-refractivity contribution is 0.0594. The molecule has 70 valence electrons. The summed E-state index contributed by atoms with van der Waals surface area (Å²) in [5.74, 6) is -0.287. The van der Waals surface area contributed by atoms with Crippen LogP contribution in [0.1, 0.15) is 23.0 Å². The van der Waals surface area contributed by atoms with Crippen LogP contribution in [0.25, 0.3) is 0 Å². The van der Waals surface area contributed by atoms with E-state index in [9.17, 15) is 9.59 Å². The average Bonchev–Trinajstić information content (AvgIpc) is 2.16. The first-order chi connectivity index (χ1) is 6.20. The van der Waals surface area contributed by atoms with Crippen molar-refractivity contribution in [3.8, 4) is 0 Å². The van der Waals surface area contributed by atoms with Gasteiger partial charge in [0.15, 0.2) is 5.43 Å². The predicted octanol–water partition coefficient (Wildman–Crippen LogP) is 0.989. The number of methoxy groups -OCH3 is 1. The number of rotatable bonds is 2. The molecule has 0 aliphatic heterocycles. The summed E-state index contributed by atoms with van der Waals surface area (Å²) in [5.41, 5.74) is -0.373. The maximum Gasteiger partial charge on any atom is 0.345 e. The molecule has 1 aromatic rings. The molecule has 0 N–H and O–H groups in total. The van der Waals surface area contributed by atoms with Gasteiger partial charge >= 0.3 is 5.97 Å². The highest BCUT2D eigenvalue weighted by atomic mass is 16.5. The highest BCUT2D eigenvalue weighted by Gasteiger charge is 2.16. The van der Waals surface area contributed by atoms with E-state index in [2.05, 4.69) is 4.74 Å². The van der Waals surface area contributed by atoms with E-state index in [1.54, 1.807) is 6.92 Å². The molecule has 0 unspecified atom stereocenters. The van der Waals surface area contributed by atoms with E-state index in [4.69, 9.17) is 4.42 Å². The molecule has 0 bridgehead atoms. The van der Waals surface area contributed by atoms with Crippen LogP contribution in [0, 0.1) is 0 Å². The van der Waals surface area contributed by atoms with Crippen molar-refractivity contribution in [2.24, 2.45) is 0 Å². The molecule has 0 atom stereocenters. The summed E-state index contributed by atoms with van der Waals surface area (Å²) in [6.45, 7) is 1.80. The van der Waals surface area contributed by atoms with Crippen molar-refractivity contribution in [3.05, 3.63) is 33.9 Å². The van der Waals surface area contributed by atoms with E-state index >= 15 is 0 Å². The van der Waals surface area contributed by atoms with Crippen molar-refractivity contribution in [3.63, 3.8) is 0 Å². The summed E-state index contributed by atoms with van der Waals surface area (Å²) in [4.78, 5) is 22.4. The third-order valence-corrected chi connectivity index (χ3v) is 1.67. The minimum absolute atomic E-state index is 0.00694. The van der Waals surface area contributed by atoms with E-state index in [-0.39, 0.29) is 11.0 Å². The first-order valence-corrected chi connectivity index (χ1v) is 3.89. The Morgan fingerprint density at radius 3 is 2.85 bits per heavy atom. The molecular weight excluding hydrogens is 172 g/mol. The smallest absolute Gasteiger partial charge is 0.345 e. The summed E-state index contributed by atoms with van der Waals surface area (Å²) in [7, 11) is 1.23. The van der Waals surface area contributed by atoms with E-state index in [1.807, 2.05) is 0 Å². The molecule has 0 saturated heterocycles. The highest BCUT2D eigenvalue weighted by molar-refractivity contribution is 5.90. The number of carbonyl (C=O) groups excluding carboxylic acids is 1. The fraction of sp³-hybridized carbons (Fsp3) is 0.333. The van der Waals surface area contributed by atoms with Crippen LogP contribution in [0.2, 0.25) is 0 Å². The van der Waals surface area contributed by atoms with Crippen molar-refractivity contribution in [1.29, 1.82) is 0 Å². The van der Waals surface area contributed by atoms with Crippen LogP contribution in [-0.2, 0) is 11.2 Å². The second-order valence-corrected chi connectivity index (χ2v) is 2.43. The van der Waals surface area contributed by atoms with Crippen LogP contribution in [0.4, 0.5) is 0 Å². The maximum absolute atomic E-state index is 11.2. The molecule has 1 heterocycles. The van der Waals surface area contributed by atoms with E-state index in [0.717, 1.165) is 0 Å². The Hall–Kier alpha value is -1.58. The molecule has 1 rings (SSSR count). The zero-order chi connectivity index (χ0) is 9.84. The number of hydrogen-bond acceptors (Lipinski definition) is 4. The fourth-order valence-corrected chi connectivity index (χ4v) is 1.03. The van der Waals surface area contributed by atoms with Gasteiger partial charge in [-0.05, 0) is 0 Å². The van der Waals surface area contributed by atoms with Gasteiger partial charge in [-0.3, -0.25) is 4.79 Å². The largest absolute Gasteiger partial charge is 0.468 e. The molecule has 0 radical (unpaired) electrons. The monoisotopic (exact) mass is 182 g/mol. The highest BCUT2D eigenvalue weighted by Crippen LogP contribution is 2.05. The third kappa shape index (κ3) is 1.77. The van der Waals surface area contributed by atoms with Crippen molar-refractivity contribution >= 4 is 5.97 Å². The molecule has 0 amide bonds. The van der Waals surface area contributed by atoms with Crippen LogP contribution < -0.4 is 5.43 Å². The summed E-state index contributed by atoms with van der Waals surface area (Å²) >= 11 is 0. The second kappa shape index (κ2) is 3.89. The van der Waals surface area contributed by atoms with Crippen LogP contribution in [-0.4, -0.2) is 13.1 Å². The normalized spacial score (nSPS) is 9.69. The van der Waals surface area contributed by atoms with Crippen LogP contribution in [0.3, 0.4) is 0 Å². The van der Waals surface area contributed by atoms with Gasteiger partial charge in [0.2, 0.25) is 0 Å². The number of hydrogen-bond donors (Lipinski definition) is 0. The Kier molecular flexibility index (Phi) is 2.84. The van der Waals surface area contributed by atoms with Crippen molar-refractivity contribution < 1.29 is 13.9 Å². The van der Waals surface area contributed by atoms with E-state index < -0.39 is 5.97 Å². The molecule has 0 aromatic carbocycles. The lowest BCUT2D eigenvalue weighted by Gasteiger charge is -2.01. The molecule has 0 spiro atoms. The van der Waals surface area contributed by atoms with Gasteiger partial charge in [-0.2, -0.15) is 0 Å². The zero-order valence-corrected chi connectivity index (χ0v) is 7.49. The summed E-state index contributed by atoms with van der Waals surface area (Å²) in [6.07, 6.45) is 1.76. The van der Waals surface area contributed by atoms with E-state index in [1.165, 1.54) is 19.4 Å². The molecule has 4 nitrogen and oxygen atoms in total. The Labute approximate surface area is 75.1 Å². The predicted molar refractivity (Wildman–Crippen MR) is 45.7 cm³/mol. The van der Waals surface area contributed by atoms with Gasteiger partial charge in [0.05, 0.1) is 13.4 Å². The molecule has 4 heteroatoms. The lowest BCUT2D eigenvalue weighted by Crippen LogP contribution is -2.17. The molecule has 0 aliphatic rings. The first-order valence-electron chi connectivity index (χ1n) is 3.89. The SMILES string of the molecule is CCc1occc(=O)c1C(=O)OC. The quantitative estimate of drug-likeness (QED) is 0.640. The maximum atomic E-state index is 11.2. The topological polar surface area (TPSA) is 56.5 Å². The molecular formula is C9H10O4. The molecule has 13 heavy (non-hydrogen) atoms. The van der Waals surface area contributed by atoms with Gasteiger partial charge in [0.1, 0.15) is 11.3 Å². The van der Waals surface area contributed by atoms with Gasteiger partial charge in [-0.15, -0.1) is 0 Å². The minimum Gasteiger partial charge on any atom is -0.468 e. The van der Waals surface area contributed by atoms with Crippen LogP contribution >= 0.6 is 0 Å². The average molecular weight is 182 g/mol. The van der Waals surface area contributed by atoms with Gasteiger partial charge < -0.3 is 9.15 Å². The Balaban J connectivity index is 3.31. The third-order valence-electron chi connectivity index (χ3n) is 1.67.